The van der Waals surface area contributed by atoms with Gasteiger partial charge in [0.1, 0.15) is 0 Å². The maximum atomic E-state index is 5.86. The largest absolute Gasteiger partial charge is 0.397 e. The molecule has 0 spiro atoms. The van der Waals surface area contributed by atoms with Crippen LogP contribution < -0.4 is 5.73 Å². The second kappa shape index (κ2) is 4.69. The molecule has 0 saturated heterocycles. The minimum Gasteiger partial charge on any atom is -0.397 e. The molecule has 0 bridgehead atoms. The molecule has 0 fully saturated rings. The number of aromatic nitrogens is 1. The van der Waals surface area contributed by atoms with Gasteiger partial charge in [-0.3, -0.25) is 4.98 Å². The van der Waals surface area contributed by atoms with Crippen molar-refractivity contribution in [1.29, 1.82) is 0 Å². The molecule has 2 aromatic rings. The highest BCUT2D eigenvalue weighted by Gasteiger charge is 2.15. The zero-order valence-corrected chi connectivity index (χ0v) is 12.7. The molecule has 2 nitrogen and oxygen atoms in total. The summed E-state index contributed by atoms with van der Waals surface area (Å²) < 4.78 is 0. The van der Waals surface area contributed by atoms with Gasteiger partial charge in [0, 0.05) is 5.56 Å². The molecule has 2 heteroatoms. The first-order valence-electron chi connectivity index (χ1n) is 6.65. The molecule has 100 valence electrons. The summed E-state index contributed by atoms with van der Waals surface area (Å²) in [5.74, 6) is 0. The normalized spacial score (nSPS) is 10.8. The van der Waals surface area contributed by atoms with Crippen LogP contribution in [0.5, 0.6) is 0 Å². The maximum Gasteiger partial charge on any atom is 0.0712 e. The molecule has 0 aliphatic heterocycles. The van der Waals surface area contributed by atoms with Crippen molar-refractivity contribution in [3.63, 3.8) is 0 Å². The first-order chi connectivity index (χ1) is 8.84. The van der Waals surface area contributed by atoms with Crippen LogP contribution >= 0.6 is 0 Å². The zero-order chi connectivity index (χ0) is 14.3. The Morgan fingerprint density at radius 3 is 1.68 bits per heavy atom. The van der Waals surface area contributed by atoms with E-state index in [0.29, 0.717) is 0 Å². The minimum absolute atomic E-state index is 0.750. The molecule has 1 heterocycles. The summed E-state index contributed by atoms with van der Waals surface area (Å²) in [6, 6.07) is 3.97. The van der Waals surface area contributed by atoms with E-state index in [9.17, 15) is 0 Å². The topological polar surface area (TPSA) is 38.9 Å². The molecule has 0 radical (unpaired) electrons. The Bertz CT molecular complexity index is 626. The van der Waals surface area contributed by atoms with E-state index in [1.165, 1.54) is 33.4 Å². The molecule has 0 saturated carbocycles. The van der Waals surface area contributed by atoms with Crippen LogP contribution in [0.3, 0.4) is 0 Å². The Balaban J connectivity index is 2.79. The quantitative estimate of drug-likeness (QED) is 0.829. The van der Waals surface area contributed by atoms with Crippen molar-refractivity contribution >= 4 is 5.69 Å². The summed E-state index contributed by atoms with van der Waals surface area (Å²) >= 11 is 0. The Morgan fingerprint density at radius 1 is 0.737 bits per heavy atom. The van der Waals surface area contributed by atoms with Crippen molar-refractivity contribution < 1.29 is 0 Å². The predicted molar refractivity (Wildman–Crippen MR) is 82.5 cm³/mol. The average molecular weight is 254 g/mol. The van der Waals surface area contributed by atoms with Crippen LogP contribution in [-0.4, -0.2) is 4.98 Å². The van der Waals surface area contributed by atoms with Gasteiger partial charge in [-0.2, -0.15) is 0 Å². The smallest absolute Gasteiger partial charge is 0.0712 e. The zero-order valence-electron chi connectivity index (χ0n) is 12.7. The third-order valence-electron chi connectivity index (χ3n) is 4.38. The van der Waals surface area contributed by atoms with Crippen LogP contribution in [-0.2, 0) is 0 Å². The van der Waals surface area contributed by atoms with E-state index in [1.54, 1.807) is 0 Å². The molecule has 1 aromatic heterocycles. The molecular weight excluding hydrogens is 232 g/mol. The molecule has 0 unspecified atom stereocenters. The third kappa shape index (κ3) is 2.12. The van der Waals surface area contributed by atoms with Gasteiger partial charge < -0.3 is 5.73 Å². The van der Waals surface area contributed by atoms with Gasteiger partial charge in [-0.25, -0.2) is 0 Å². The standard InChI is InChI=1S/C17H22N2/c1-9-10(2)12(4)17(13(5)11(9)3)16-8-7-15(18)14(6)19-16/h7-8H,18H2,1-6H3. The number of nitrogens with two attached hydrogens (primary N) is 1. The Morgan fingerprint density at radius 2 is 1.21 bits per heavy atom. The van der Waals surface area contributed by atoms with Gasteiger partial charge in [0.05, 0.1) is 17.1 Å². The predicted octanol–water partition coefficient (Wildman–Crippen LogP) is 4.18. The number of rotatable bonds is 1. The van der Waals surface area contributed by atoms with Crippen LogP contribution in [0.2, 0.25) is 0 Å². The lowest BCUT2D eigenvalue weighted by atomic mass is 9.88. The molecule has 0 amide bonds. The molecule has 19 heavy (non-hydrogen) atoms. The van der Waals surface area contributed by atoms with E-state index in [4.69, 9.17) is 5.73 Å². The van der Waals surface area contributed by atoms with E-state index in [-0.39, 0.29) is 0 Å². The molecular formula is C17H22N2. The molecule has 0 aliphatic carbocycles. The van der Waals surface area contributed by atoms with Crippen LogP contribution in [0.4, 0.5) is 5.69 Å². The van der Waals surface area contributed by atoms with E-state index < -0.39 is 0 Å². The van der Waals surface area contributed by atoms with Crippen molar-refractivity contribution in [3.8, 4) is 11.3 Å². The molecule has 0 atom stereocenters. The van der Waals surface area contributed by atoms with Gasteiger partial charge >= 0.3 is 0 Å². The summed E-state index contributed by atoms with van der Waals surface area (Å²) in [6.45, 7) is 12.9. The first kappa shape index (κ1) is 13.6. The molecule has 1 aromatic carbocycles. The van der Waals surface area contributed by atoms with Gasteiger partial charge in [0.15, 0.2) is 0 Å². The monoisotopic (exact) mass is 254 g/mol. The lowest BCUT2D eigenvalue weighted by Crippen LogP contribution is -2.02. The maximum absolute atomic E-state index is 5.86. The van der Waals surface area contributed by atoms with Gasteiger partial charge in [-0.1, -0.05) is 0 Å². The summed E-state index contributed by atoms with van der Waals surface area (Å²) in [4.78, 5) is 4.65. The fourth-order valence-corrected chi connectivity index (χ4v) is 2.60. The highest BCUT2D eigenvalue weighted by atomic mass is 14.7. The van der Waals surface area contributed by atoms with Crippen LogP contribution in [0.1, 0.15) is 33.5 Å². The summed E-state index contributed by atoms with van der Waals surface area (Å²) in [5, 5.41) is 0. The number of hydrogen-bond donors (Lipinski definition) is 1. The Labute approximate surface area is 115 Å². The SMILES string of the molecule is Cc1nc(-c2c(C)c(C)c(C)c(C)c2C)ccc1N. The van der Waals surface area contributed by atoms with Crippen molar-refractivity contribution in [2.24, 2.45) is 0 Å². The van der Waals surface area contributed by atoms with Gasteiger partial charge in [-0.15, -0.1) is 0 Å². The molecule has 2 N–H and O–H groups in total. The van der Waals surface area contributed by atoms with Crippen molar-refractivity contribution in [2.45, 2.75) is 41.5 Å². The first-order valence-corrected chi connectivity index (χ1v) is 6.65. The number of aryl methyl sites for hydroxylation is 1. The summed E-state index contributed by atoms with van der Waals surface area (Å²) in [7, 11) is 0. The van der Waals surface area contributed by atoms with Crippen LogP contribution in [0, 0.1) is 41.5 Å². The van der Waals surface area contributed by atoms with Gasteiger partial charge in [0.2, 0.25) is 0 Å². The van der Waals surface area contributed by atoms with Crippen LogP contribution in [0.25, 0.3) is 11.3 Å². The second-order valence-corrected chi connectivity index (χ2v) is 5.37. The van der Waals surface area contributed by atoms with Gasteiger partial charge in [0.25, 0.3) is 0 Å². The minimum atomic E-state index is 0.750. The van der Waals surface area contributed by atoms with E-state index in [1.807, 2.05) is 19.1 Å². The fourth-order valence-electron chi connectivity index (χ4n) is 2.60. The van der Waals surface area contributed by atoms with E-state index >= 15 is 0 Å². The number of nitrogens with zero attached hydrogens (tertiary/aromatic N) is 1. The molecule has 2 rings (SSSR count). The number of nitrogen functional groups attached to an aromatic ring is 1. The third-order valence-corrected chi connectivity index (χ3v) is 4.38. The van der Waals surface area contributed by atoms with Crippen LogP contribution in [0.15, 0.2) is 12.1 Å². The number of hydrogen-bond acceptors (Lipinski definition) is 2. The van der Waals surface area contributed by atoms with Crippen molar-refractivity contribution in [3.05, 3.63) is 45.6 Å². The molecule has 0 aliphatic rings. The average Bonchev–Trinajstić information content (AvgIpc) is 2.38. The summed E-state index contributed by atoms with van der Waals surface area (Å²) in [5.41, 5.74) is 16.5. The second-order valence-electron chi connectivity index (χ2n) is 5.37. The highest BCUT2D eigenvalue weighted by Crippen LogP contribution is 2.33. The Kier molecular flexibility index (Phi) is 3.36. The number of anilines is 1. The fraction of sp³-hybridized carbons (Fsp3) is 0.353. The van der Waals surface area contributed by atoms with Gasteiger partial charge in [-0.05, 0) is 81.5 Å². The van der Waals surface area contributed by atoms with E-state index in [0.717, 1.165) is 17.1 Å². The lowest BCUT2D eigenvalue weighted by Gasteiger charge is -2.18. The van der Waals surface area contributed by atoms with Crippen molar-refractivity contribution in [2.75, 3.05) is 5.73 Å². The highest BCUT2D eigenvalue weighted by molar-refractivity contribution is 5.73. The number of benzene rings is 1. The van der Waals surface area contributed by atoms with E-state index in [2.05, 4.69) is 39.6 Å². The lowest BCUT2D eigenvalue weighted by molar-refractivity contribution is 1.15. The van der Waals surface area contributed by atoms with Crippen molar-refractivity contribution in [1.82, 2.24) is 4.98 Å². The Hall–Kier alpha value is -1.83. The summed E-state index contributed by atoms with van der Waals surface area (Å²) in [6.07, 6.45) is 0. The number of pyridine rings is 1.